The Morgan fingerprint density at radius 3 is 2.91 bits per heavy atom. The van der Waals surface area contributed by atoms with Crippen molar-refractivity contribution in [2.24, 2.45) is 5.92 Å². The second-order valence-corrected chi connectivity index (χ2v) is 10.6. The third kappa shape index (κ3) is 1.99. The van der Waals surface area contributed by atoms with E-state index in [4.69, 9.17) is 4.74 Å². The fourth-order valence-electron chi connectivity index (χ4n) is 7.44. The molecule has 5 aliphatic rings. The number of aromatic hydroxyl groups is 1. The number of fused-ring (bicyclic) bond motifs is 3. The number of phenolic OH excluding ortho intramolecular Hbond substituents is 1. The largest absolute Gasteiger partial charge is 0.504 e. The molecule has 1 saturated heterocycles. The highest BCUT2D eigenvalue weighted by atomic mass is 16.5. The molecule has 2 fully saturated rings. The van der Waals surface area contributed by atoms with Crippen molar-refractivity contribution in [3.8, 4) is 11.5 Å². The number of ether oxygens (including phenoxy) is 1. The lowest BCUT2D eigenvalue weighted by Gasteiger charge is -2.62. The van der Waals surface area contributed by atoms with Crippen LogP contribution in [-0.4, -0.2) is 54.4 Å². The number of hydrogen-bond donors (Lipinski definition) is 4. The van der Waals surface area contributed by atoms with E-state index in [2.05, 4.69) is 15.0 Å². The number of aliphatic hydroxyl groups is 1. The standard InChI is InChI=1S/C24H24N4O5/c29-14-4-3-12-7-15-24(32)9-13-19(25-16-8-17(30)26-28(16)22(13)31)21-23(24,18(12)20(14)33-21)5-6-27(15)10-11-1-2-11/h3-4,8,11,15,21,25,29,32H,1-2,5-7,9-10H2,(H,26,30)/t15-,21+,23+,24-/m1/s1. The number of hydrogen-bond acceptors (Lipinski definition) is 6. The number of benzene rings is 1. The number of phenols is 1. The van der Waals surface area contributed by atoms with Gasteiger partial charge < -0.3 is 19.9 Å². The van der Waals surface area contributed by atoms with Gasteiger partial charge in [-0.05, 0) is 49.8 Å². The minimum absolute atomic E-state index is 0.0570. The van der Waals surface area contributed by atoms with Crippen molar-refractivity contribution < 1.29 is 14.9 Å². The first-order valence-corrected chi connectivity index (χ1v) is 11.8. The number of rotatable bonds is 2. The SMILES string of the molecule is O=c1cc2[nH]c3c(c(=O)n2[nH]1)C[C@@]1(O)[C@H]2Cc4ccc(O)c5c4[C@@]1(CCN2CC1CC1)[C@H]3O5. The molecule has 8 rings (SSSR count). The lowest BCUT2D eigenvalue weighted by molar-refractivity contribution is -0.173. The van der Waals surface area contributed by atoms with Crippen molar-refractivity contribution in [1.82, 2.24) is 19.5 Å². The Morgan fingerprint density at radius 2 is 2.09 bits per heavy atom. The summed E-state index contributed by atoms with van der Waals surface area (Å²) in [7, 11) is 0. The molecule has 2 aromatic heterocycles. The zero-order valence-electron chi connectivity index (χ0n) is 17.9. The van der Waals surface area contributed by atoms with Crippen LogP contribution in [0.1, 0.15) is 47.8 Å². The fourth-order valence-corrected chi connectivity index (χ4v) is 7.44. The molecule has 170 valence electrons. The van der Waals surface area contributed by atoms with Crippen LogP contribution in [0.3, 0.4) is 0 Å². The highest BCUT2D eigenvalue weighted by Gasteiger charge is 2.73. The summed E-state index contributed by atoms with van der Waals surface area (Å²) < 4.78 is 7.66. The van der Waals surface area contributed by atoms with Gasteiger partial charge in [-0.2, -0.15) is 0 Å². The normalized spacial score (nSPS) is 33.6. The quantitative estimate of drug-likeness (QED) is 0.458. The second-order valence-electron chi connectivity index (χ2n) is 10.6. The number of aromatic amines is 2. The minimum atomic E-state index is -1.22. The van der Waals surface area contributed by atoms with Crippen molar-refractivity contribution in [3.05, 3.63) is 61.3 Å². The maximum Gasteiger partial charge on any atom is 0.276 e. The molecule has 3 aliphatic carbocycles. The van der Waals surface area contributed by atoms with E-state index in [-0.39, 0.29) is 29.3 Å². The summed E-state index contributed by atoms with van der Waals surface area (Å²) in [5.41, 5.74) is 0.708. The Kier molecular flexibility index (Phi) is 3.08. The van der Waals surface area contributed by atoms with E-state index in [0.717, 1.165) is 24.2 Å². The van der Waals surface area contributed by atoms with Crippen molar-refractivity contribution >= 4 is 5.65 Å². The average molecular weight is 448 g/mol. The number of nitrogens with one attached hydrogen (secondary N) is 2. The molecule has 4 atom stereocenters. The van der Waals surface area contributed by atoms with Crippen LogP contribution in [0.25, 0.3) is 5.65 Å². The number of likely N-dealkylation sites (tertiary alicyclic amines) is 1. The average Bonchev–Trinajstić information content (AvgIpc) is 3.40. The molecule has 4 heterocycles. The van der Waals surface area contributed by atoms with Gasteiger partial charge in [-0.1, -0.05) is 6.07 Å². The molecule has 33 heavy (non-hydrogen) atoms. The molecule has 9 nitrogen and oxygen atoms in total. The molecule has 4 N–H and O–H groups in total. The van der Waals surface area contributed by atoms with Gasteiger partial charge in [0, 0.05) is 36.2 Å². The van der Waals surface area contributed by atoms with E-state index in [9.17, 15) is 19.8 Å². The van der Waals surface area contributed by atoms with E-state index in [1.807, 2.05) is 6.07 Å². The van der Waals surface area contributed by atoms with Crippen molar-refractivity contribution in [2.45, 2.75) is 55.3 Å². The second kappa shape index (κ2) is 5.53. The number of aromatic nitrogens is 3. The summed E-state index contributed by atoms with van der Waals surface area (Å²) in [6.45, 7) is 1.80. The summed E-state index contributed by atoms with van der Waals surface area (Å²) >= 11 is 0. The maximum atomic E-state index is 13.5. The lowest BCUT2D eigenvalue weighted by atomic mass is 9.49. The van der Waals surface area contributed by atoms with Gasteiger partial charge in [0.25, 0.3) is 11.1 Å². The van der Waals surface area contributed by atoms with Crippen LogP contribution >= 0.6 is 0 Å². The molecule has 9 heteroatoms. The van der Waals surface area contributed by atoms with E-state index in [1.165, 1.54) is 23.4 Å². The first kappa shape index (κ1) is 18.4. The molecule has 3 aromatic rings. The summed E-state index contributed by atoms with van der Waals surface area (Å²) in [4.78, 5) is 31.1. The third-order valence-corrected chi connectivity index (χ3v) is 9.00. The molecule has 1 aromatic carbocycles. The zero-order valence-corrected chi connectivity index (χ0v) is 17.9. The highest BCUT2D eigenvalue weighted by Crippen LogP contribution is 2.68. The van der Waals surface area contributed by atoms with Crippen LogP contribution < -0.4 is 15.9 Å². The van der Waals surface area contributed by atoms with Gasteiger partial charge >= 0.3 is 0 Å². The molecule has 1 saturated carbocycles. The van der Waals surface area contributed by atoms with Gasteiger partial charge in [0.05, 0.1) is 16.7 Å². The van der Waals surface area contributed by atoms with Crippen molar-refractivity contribution in [3.63, 3.8) is 0 Å². The summed E-state index contributed by atoms with van der Waals surface area (Å²) in [6.07, 6.45) is 3.33. The van der Waals surface area contributed by atoms with Crippen LogP contribution in [0, 0.1) is 5.92 Å². The van der Waals surface area contributed by atoms with Gasteiger partial charge in [-0.15, -0.1) is 0 Å². The number of nitrogens with zero attached hydrogens (tertiary/aromatic N) is 2. The third-order valence-electron chi connectivity index (χ3n) is 9.00. The first-order valence-electron chi connectivity index (χ1n) is 11.8. The topological polar surface area (TPSA) is 123 Å². The first-order chi connectivity index (χ1) is 15.9. The van der Waals surface area contributed by atoms with Crippen LogP contribution in [0.4, 0.5) is 0 Å². The molecule has 2 bridgehead atoms. The molecule has 1 spiro atoms. The predicted octanol–water partition coefficient (Wildman–Crippen LogP) is 0.721. The van der Waals surface area contributed by atoms with Gasteiger partial charge in [0.15, 0.2) is 17.6 Å². The van der Waals surface area contributed by atoms with Crippen molar-refractivity contribution in [1.29, 1.82) is 0 Å². The lowest BCUT2D eigenvalue weighted by Crippen LogP contribution is -2.75. The maximum absolute atomic E-state index is 13.5. The predicted molar refractivity (Wildman–Crippen MR) is 117 cm³/mol. The summed E-state index contributed by atoms with van der Waals surface area (Å²) in [6, 6.07) is 4.84. The van der Waals surface area contributed by atoms with Gasteiger partial charge in [-0.3, -0.25) is 19.6 Å². The smallest absolute Gasteiger partial charge is 0.276 e. The Morgan fingerprint density at radius 1 is 1.24 bits per heavy atom. The minimum Gasteiger partial charge on any atom is -0.504 e. The highest BCUT2D eigenvalue weighted by molar-refractivity contribution is 5.64. The number of piperidine rings is 1. The molecular weight excluding hydrogens is 424 g/mol. The van der Waals surface area contributed by atoms with Crippen LogP contribution in [0.5, 0.6) is 11.5 Å². The summed E-state index contributed by atoms with van der Waals surface area (Å²) in [5, 5.41) is 25.9. The van der Waals surface area contributed by atoms with Crippen LogP contribution in [0.2, 0.25) is 0 Å². The van der Waals surface area contributed by atoms with E-state index in [0.29, 0.717) is 41.4 Å². The zero-order chi connectivity index (χ0) is 22.3. The fraction of sp³-hybridized carbons (Fsp3) is 0.500. The summed E-state index contributed by atoms with van der Waals surface area (Å²) in [5.74, 6) is 1.16. The van der Waals surface area contributed by atoms with Crippen LogP contribution in [0.15, 0.2) is 27.8 Å². The van der Waals surface area contributed by atoms with Crippen LogP contribution in [-0.2, 0) is 18.3 Å². The van der Waals surface area contributed by atoms with E-state index >= 15 is 0 Å². The molecular formula is C24H24N4O5. The van der Waals surface area contributed by atoms with Crippen molar-refractivity contribution in [2.75, 3.05) is 13.1 Å². The van der Waals surface area contributed by atoms with Gasteiger partial charge in [0.2, 0.25) is 0 Å². The Balaban J connectivity index is 1.44. The monoisotopic (exact) mass is 448 g/mol. The van der Waals surface area contributed by atoms with E-state index in [1.54, 1.807) is 6.07 Å². The Labute approximate surface area is 187 Å². The molecule has 2 aliphatic heterocycles. The van der Waals surface area contributed by atoms with E-state index < -0.39 is 17.1 Å². The molecule has 0 amide bonds. The Hall–Kier alpha value is -3.04. The Bertz CT molecular complexity index is 1500. The van der Waals surface area contributed by atoms with Gasteiger partial charge in [0.1, 0.15) is 5.65 Å². The number of H-pyrrole nitrogens is 2. The molecule has 0 unspecified atom stereocenters. The molecule has 0 radical (unpaired) electrons. The van der Waals surface area contributed by atoms with Gasteiger partial charge in [-0.25, -0.2) is 4.52 Å².